The first-order chi connectivity index (χ1) is 10.7. The van der Waals surface area contributed by atoms with Crippen molar-refractivity contribution < 1.29 is 9.53 Å². The summed E-state index contributed by atoms with van der Waals surface area (Å²) < 4.78 is 5.36. The fraction of sp³-hybridized carbons (Fsp3) is 0.235. The van der Waals surface area contributed by atoms with Crippen LogP contribution < -0.4 is 10.1 Å². The minimum absolute atomic E-state index is 0.00521. The second-order valence-corrected chi connectivity index (χ2v) is 6.16. The van der Waals surface area contributed by atoms with Crippen LogP contribution in [0.5, 0.6) is 5.75 Å². The molecule has 0 radical (unpaired) electrons. The molecule has 0 saturated carbocycles. The number of carbonyl (C=O) groups excluding carboxylic acids is 1. The maximum atomic E-state index is 11.9. The lowest BCUT2D eigenvalue weighted by Gasteiger charge is -2.07. The fourth-order valence-corrected chi connectivity index (χ4v) is 2.79. The topological polar surface area (TPSA) is 38.3 Å². The third kappa shape index (κ3) is 5.62. The molecule has 0 aliphatic rings. The van der Waals surface area contributed by atoms with Crippen LogP contribution in [0.2, 0.25) is 5.02 Å². The van der Waals surface area contributed by atoms with Gasteiger partial charge in [0.2, 0.25) is 5.91 Å². The van der Waals surface area contributed by atoms with Gasteiger partial charge in [0, 0.05) is 27.8 Å². The molecule has 0 bridgehead atoms. The summed E-state index contributed by atoms with van der Waals surface area (Å²) in [6, 6.07) is 15.0. The van der Waals surface area contributed by atoms with E-state index >= 15 is 0 Å². The molecule has 0 aliphatic heterocycles. The Kier molecular flexibility index (Phi) is 6.62. The molecule has 0 heterocycles. The fourth-order valence-electron chi connectivity index (χ4n) is 1.82. The average molecular weight is 336 g/mol. The Hall–Kier alpha value is -1.65. The van der Waals surface area contributed by atoms with E-state index in [1.54, 1.807) is 11.8 Å². The highest BCUT2D eigenvalue weighted by molar-refractivity contribution is 7.99. The summed E-state index contributed by atoms with van der Waals surface area (Å²) in [5.41, 5.74) is 0.782. The van der Waals surface area contributed by atoms with Gasteiger partial charge in [-0.25, -0.2) is 0 Å². The monoisotopic (exact) mass is 335 g/mol. The highest BCUT2D eigenvalue weighted by atomic mass is 35.5. The van der Waals surface area contributed by atoms with E-state index in [1.165, 1.54) is 0 Å². The lowest BCUT2D eigenvalue weighted by molar-refractivity contribution is -0.115. The molecular weight excluding hydrogens is 318 g/mol. The van der Waals surface area contributed by atoms with Crippen molar-refractivity contribution in [3.8, 4) is 5.75 Å². The molecule has 2 rings (SSSR count). The van der Waals surface area contributed by atoms with E-state index < -0.39 is 0 Å². The number of carbonyl (C=O) groups is 1. The smallest absolute Gasteiger partial charge is 0.225 e. The molecule has 0 aromatic heterocycles. The normalized spacial score (nSPS) is 10.3. The lowest BCUT2D eigenvalue weighted by Crippen LogP contribution is -2.12. The van der Waals surface area contributed by atoms with E-state index in [1.807, 2.05) is 55.5 Å². The molecule has 116 valence electrons. The van der Waals surface area contributed by atoms with Crippen LogP contribution in [-0.4, -0.2) is 18.3 Å². The Labute approximate surface area is 140 Å². The molecule has 22 heavy (non-hydrogen) atoms. The van der Waals surface area contributed by atoms with Gasteiger partial charge in [0.15, 0.2) is 0 Å². The molecule has 2 aromatic carbocycles. The molecule has 0 spiro atoms. The number of anilines is 1. The zero-order chi connectivity index (χ0) is 15.8. The van der Waals surface area contributed by atoms with Crippen molar-refractivity contribution in [1.82, 2.24) is 0 Å². The van der Waals surface area contributed by atoms with E-state index in [4.69, 9.17) is 16.3 Å². The number of hydrogen-bond acceptors (Lipinski definition) is 3. The minimum atomic E-state index is 0.00521. The quantitative estimate of drug-likeness (QED) is 0.734. The first kappa shape index (κ1) is 16.7. The van der Waals surface area contributed by atoms with Crippen molar-refractivity contribution in [2.75, 3.05) is 17.7 Å². The van der Waals surface area contributed by atoms with Crippen LogP contribution in [0, 0.1) is 0 Å². The van der Waals surface area contributed by atoms with E-state index in [2.05, 4.69) is 5.32 Å². The second kappa shape index (κ2) is 8.71. The second-order valence-electron chi connectivity index (χ2n) is 4.56. The molecule has 0 fully saturated rings. The molecular formula is C17H18ClNO2S. The largest absolute Gasteiger partial charge is 0.494 e. The summed E-state index contributed by atoms with van der Waals surface area (Å²) >= 11 is 7.47. The molecule has 0 atom stereocenters. The number of halogens is 1. The maximum absolute atomic E-state index is 11.9. The van der Waals surface area contributed by atoms with Gasteiger partial charge in [0.05, 0.1) is 6.61 Å². The summed E-state index contributed by atoms with van der Waals surface area (Å²) in [6.45, 7) is 2.57. The predicted molar refractivity (Wildman–Crippen MR) is 93.0 cm³/mol. The van der Waals surface area contributed by atoms with Crippen molar-refractivity contribution in [2.24, 2.45) is 0 Å². The molecule has 2 aromatic rings. The number of rotatable bonds is 7. The third-order valence-electron chi connectivity index (χ3n) is 2.86. The van der Waals surface area contributed by atoms with Gasteiger partial charge in [-0.05, 0) is 55.5 Å². The molecule has 5 heteroatoms. The van der Waals surface area contributed by atoms with Crippen LogP contribution in [0.4, 0.5) is 5.69 Å². The van der Waals surface area contributed by atoms with Gasteiger partial charge in [-0.1, -0.05) is 11.6 Å². The van der Waals surface area contributed by atoms with Crippen molar-refractivity contribution in [3.63, 3.8) is 0 Å². The van der Waals surface area contributed by atoms with Crippen LogP contribution in [0.1, 0.15) is 13.3 Å². The van der Waals surface area contributed by atoms with Gasteiger partial charge in [-0.15, -0.1) is 11.8 Å². The summed E-state index contributed by atoms with van der Waals surface area (Å²) in [4.78, 5) is 13.0. The van der Waals surface area contributed by atoms with E-state index in [-0.39, 0.29) is 5.91 Å². The Bertz CT molecular complexity index is 599. The summed E-state index contributed by atoms with van der Waals surface area (Å²) in [5.74, 6) is 1.54. The average Bonchev–Trinajstić information content (AvgIpc) is 2.51. The number of nitrogens with one attached hydrogen (secondary N) is 1. The molecule has 1 N–H and O–H groups in total. The standard InChI is InChI=1S/C17H18ClNO2S/c1-2-21-15-7-5-14(6-8-15)19-17(20)11-12-22-16-9-3-13(18)4-10-16/h3-10H,2,11-12H2,1H3,(H,19,20). The van der Waals surface area contributed by atoms with Crippen LogP contribution in [0.15, 0.2) is 53.4 Å². The molecule has 0 aliphatic carbocycles. The number of ether oxygens (including phenoxy) is 1. The van der Waals surface area contributed by atoms with Crippen molar-refractivity contribution >= 4 is 35.0 Å². The lowest BCUT2D eigenvalue weighted by atomic mass is 10.3. The van der Waals surface area contributed by atoms with Gasteiger partial charge < -0.3 is 10.1 Å². The number of benzene rings is 2. The van der Waals surface area contributed by atoms with Crippen molar-refractivity contribution in [2.45, 2.75) is 18.2 Å². The van der Waals surface area contributed by atoms with Gasteiger partial charge in [0.1, 0.15) is 5.75 Å². The van der Waals surface area contributed by atoms with Gasteiger partial charge >= 0.3 is 0 Å². The highest BCUT2D eigenvalue weighted by Gasteiger charge is 2.03. The van der Waals surface area contributed by atoms with E-state index in [0.717, 1.165) is 27.1 Å². The van der Waals surface area contributed by atoms with E-state index in [9.17, 15) is 4.79 Å². The predicted octanol–water partition coefficient (Wildman–Crippen LogP) is 4.86. The Morgan fingerprint density at radius 2 is 1.82 bits per heavy atom. The SMILES string of the molecule is CCOc1ccc(NC(=O)CCSc2ccc(Cl)cc2)cc1. The number of hydrogen-bond donors (Lipinski definition) is 1. The Morgan fingerprint density at radius 3 is 2.45 bits per heavy atom. The molecule has 0 saturated heterocycles. The van der Waals surface area contributed by atoms with Crippen molar-refractivity contribution in [1.29, 1.82) is 0 Å². The van der Waals surface area contributed by atoms with Crippen LogP contribution in [-0.2, 0) is 4.79 Å². The molecule has 3 nitrogen and oxygen atoms in total. The first-order valence-electron chi connectivity index (χ1n) is 7.08. The van der Waals surface area contributed by atoms with Gasteiger partial charge in [0.25, 0.3) is 0 Å². The van der Waals surface area contributed by atoms with Crippen LogP contribution in [0.3, 0.4) is 0 Å². The molecule has 1 amide bonds. The minimum Gasteiger partial charge on any atom is -0.494 e. The zero-order valence-corrected chi connectivity index (χ0v) is 13.9. The number of thioether (sulfide) groups is 1. The van der Waals surface area contributed by atoms with E-state index in [0.29, 0.717) is 13.0 Å². The Morgan fingerprint density at radius 1 is 1.14 bits per heavy atom. The van der Waals surface area contributed by atoms with Crippen LogP contribution in [0.25, 0.3) is 0 Å². The Balaban J connectivity index is 1.74. The zero-order valence-electron chi connectivity index (χ0n) is 12.3. The summed E-state index contributed by atoms with van der Waals surface area (Å²) in [6.07, 6.45) is 0.459. The maximum Gasteiger partial charge on any atom is 0.225 e. The van der Waals surface area contributed by atoms with Crippen LogP contribution >= 0.6 is 23.4 Å². The highest BCUT2D eigenvalue weighted by Crippen LogP contribution is 2.21. The first-order valence-corrected chi connectivity index (χ1v) is 8.45. The summed E-state index contributed by atoms with van der Waals surface area (Å²) in [7, 11) is 0. The summed E-state index contributed by atoms with van der Waals surface area (Å²) in [5, 5.41) is 3.60. The van der Waals surface area contributed by atoms with Gasteiger partial charge in [-0.3, -0.25) is 4.79 Å². The van der Waals surface area contributed by atoms with Crippen molar-refractivity contribution in [3.05, 3.63) is 53.6 Å². The molecule has 0 unspecified atom stereocenters. The number of amides is 1. The third-order valence-corrected chi connectivity index (χ3v) is 4.13. The van der Waals surface area contributed by atoms with Gasteiger partial charge in [-0.2, -0.15) is 0 Å².